The number of rotatable bonds is 1. The molecule has 76 valence electrons. The topological polar surface area (TPSA) is 39.2 Å². The molecule has 6 heteroatoms. The third-order valence-corrected chi connectivity index (χ3v) is 1.34. The number of aromatic nitrogens is 1. The molecule has 0 saturated carbocycles. The van der Waals surface area contributed by atoms with Crippen molar-refractivity contribution in [1.82, 2.24) is 4.98 Å². The van der Waals surface area contributed by atoms with Crippen molar-refractivity contribution in [1.29, 1.82) is 0 Å². The highest BCUT2D eigenvalue weighted by Crippen LogP contribution is 2.35. The van der Waals surface area contributed by atoms with Crippen LogP contribution in [0.3, 0.4) is 0 Å². The summed E-state index contributed by atoms with van der Waals surface area (Å²) in [5, 5.41) is 0. The summed E-state index contributed by atoms with van der Waals surface area (Å²) >= 11 is 0. The van der Waals surface area contributed by atoms with Crippen molar-refractivity contribution < 1.29 is 22.7 Å². The van der Waals surface area contributed by atoms with Gasteiger partial charge in [-0.05, 0) is 6.07 Å². The maximum Gasteiger partial charge on any atom is 0.420 e. The summed E-state index contributed by atoms with van der Waals surface area (Å²) in [7, 11) is 0. The van der Waals surface area contributed by atoms with E-state index in [4.69, 9.17) is 0 Å². The SMILES string of the molecule is CC(=O)Oc1cnccc1C(F)(F)F. The van der Waals surface area contributed by atoms with Gasteiger partial charge in [0.25, 0.3) is 0 Å². The molecule has 0 N–H and O–H groups in total. The molecule has 0 aliphatic heterocycles. The quantitative estimate of drug-likeness (QED) is 0.658. The highest BCUT2D eigenvalue weighted by Gasteiger charge is 2.34. The molecule has 0 unspecified atom stereocenters. The van der Waals surface area contributed by atoms with Gasteiger partial charge in [-0.3, -0.25) is 9.78 Å². The molecule has 0 saturated heterocycles. The third-order valence-electron chi connectivity index (χ3n) is 1.34. The van der Waals surface area contributed by atoms with Crippen LogP contribution >= 0.6 is 0 Å². The number of carbonyl (C=O) groups is 1. The predicted octanol–water partition coefficient (Wildman–Crippen LogP) is 2.03. The monoisotopic (exact) mass is 205 g/mol. The number of esters is 1. The molecule has 0 atom stereocenters. The molecule has 0 fully saturated rings. The first-order valence-corrected chi connectivity index (χ1v) is 3.61. The average Bonchev–Trinajstić information content (AvgIpc) is 2.01. The molecule has 0 aliphatic carbocycles. The number of hydrogen-bond acceptors (Lipinski definition) is 3. The largest absolute Gasteiger partial charge is 0.424 e. The van der Waals surface area contributed by atoms with Gasteiger partial charge in [0, 0.05) is 13.1 Å². The molecule has 0 aromatic carbocycles. The second kappa shape index (κ2) is 3.65. The molecule has 1 aromatic heterocycles. The van der Waals surface area contributed by atoms with Crippen LogP contribution in [0.1, 0.15) is 12.5 Å². The van der Waals surface area contributed by atoms with Crippen LogP contribution in [0.4, 0.5) is 13.2 Å². The van der Waals surface area contributed by atoms with Gasteiger partial charge in [0.15, 0.2) is 5.75 Å². The Bertz CT molecular complexity index is 349. The molecule has 1 aromatic rings. The number of alkyl halides is 3. The zero-order chi connectivity index (χ0) is 10.8. The number of halogens is 3. The zero-order valence-corrected chi connectivity index (χ0v) is 7.13. The Morgan fingerprint density at radius 2 is 2.14 bits per heavy atom. The normalized spacial score (nSPS) is 11.1. The maximum atomic E-state index is 12.3. The first-order valence-electron chi connectivity index (χ1n) is 3.61. The lowest BCUT2D eigenvalue weighted by Gasteiger charge is -2.10. The van der Waals surface area contributed by atoms with Crippen molar-refractivity contribution in [3.8, 4) is 5.75 Å². The molecule has 0 aliphatic rings. The molecule has 1 rings (SSSR count). The lowest BCUT2D eigenvalue weighted by atomic mass is 10.2. The van der Waals surface area contributed by atoms with Crippen LogP contribution in [-0.4, -0.2) is 11.0 Å². The second-order valence-electron chi connectivity index (χ2n) is 2.46. The Morgan fingerprint density at radius 3 is 2.64 bits per heavy atom. The Balaban J connectivity index is 3.10. The van der Waals surface area contributed by atoms with Gasteiger partial charge in [0.2, 0.25) is 0 Å². The van der Waals surface area contributed by atoms with Gasteiger partial charge in [-0.1, -0.05) is 0 Å². The first-order chi connectivity index (χ1) is 6.41. The van der Waals surface area contributed by atoms with Gasteiger partial charge in [0.05, 0.1) is 6.20 Å². The van der Waals surface area contributed by atoms with Crippen molar-refractivity contribution in [2.45, 2.75) is 13.1 Å². The minimum absolute atomic E-state index is 0.576. The van der Waals surface area contributed by atoms with Gasteiger partial charge < -0.3 is 4.74 Å². The number of ether oxygens (including phenoxy) is 1. The summed E-state index contributed by atoms with van der Waals surface area (Å²) in [5.41, 5.74) is -1.01. The summed E-state index contributed by atoms with van der Waals surface area (Å²) in [6, 6.07) is 0.748. The highest BCUT2D eigenvalue weighted by atomic mass is 19.4. The van der Waals surface area contributed by atoms with Crippen LogP contribution in [0, 0.1) is 0 Å². The summed E-state index contributed by atoms with van der Waals surface area (Å²) in [6.45, 7) is 1.02. The van der Waals surface area contributed by atoms with Crippen molar-refractivity contribution in [3.05, 3.63) is 24.0 Å². The van der Waals surface area contributed by atoms with Gasteiger partial charge in [-0.2, -0.15) is 13.2 Å². The van der Waals surface area contributed by atoms with Crippen molar-refractivity contribution in [3.63, 3.8) is 0 Å². The standard InChI is InChI=1S/C8H6F3NO2/c1-5(13)14-7-4-12-3-2-6(7)8(9,10)11/h2-4H,1H3. The third kappa shape index (κ3) is 2.45. The van der Waals surface area contributed by atoms with Crippen LogP contribution in [-0.2, 0) is 11.0 Å². The van der Waals surface area contributed by atoms with Gasteiger partial charge in [-0.25, -0.2) is 0 Å². The van der Waals surface area contributed by atoms with Gasteiger partial charge >= 0.3 is 12.1 Å². The Hall–Kier alpha value is -1.59. The second-order valence-corrected chi connectivity index (χ2v) is 2.46. The summed E-state index contributed by atoms with van der Waals surface area (Å²) in [4.78, 5) is 13.9. The molecule has 1 heterocycles. The fourth-order valence-electron chi connectivity index (χ4n) is 0.850. The number of pyridine rings is 1. The molecule has 0 amide bonds. The van der Waals surface area contributed by atoms with E-state index in [0.717, 1.165) is 25.4 Å². The molecule has 0 radical (unpaired) electrons. The molecular formula is C8H6F3NO2. The molecule has 14 heavy (non-hydrogen) atoms. The van der Waals surface area contributed by atoms with E-state index in [0.29, 0.717) is 0 Å². The summed E-state index contributed by atoms with van der Waals surface area (Å²) in [6.07, 6.45) is -2.71. The number of hydrogen-bond donors (Lipinski definition) is 0. The van der Waals surface area contributed by atoms with Crippen LogP contribution in [0.25, 0.3) is 0 Å². The van der Waals surface area contributed by atoms with Crippen molar-refractivity contribution >= 4 is 5.97 Å². The average molecular weight is 205 g/mol. The molecule has 0 spiro atoms. The smallest absolute Gasteiger partial charge is 0.420 e. The van der Waals surface area contributed by atoms with E-state index in [1.165, 1.54) is 0 Å². The van der Waals surface area contributed by atoms with Crippen molar-refractivity contribution in [2.24, 2.45) is 0 Å². The van der Waals surface area contributed by atoms with Crippen LogP contribution in [0.5, 0.6) is 5.75 Å². The minimum Gasteiger partial charge on any atom is -0.424 e. The molecule has 3 nitrogen and oxygen atoms in total. The van der Waals surface area contributed by atoms with E-state index in [1.807, 2.05) is 0 Å². The zero-order valence-electron chi connectivity index (χ0n) is 7.13. The van der Waals surface area contributed by atoms with E-state index in [-0.39, 0.29) is 0 Å². The van der Waals surface area contributed by atoms with E-state index >= 15 is 0 Å². The minimum atomic E-state index is -4.55. The highest BCUT2D eigenvalue weighted by molar-refractivity contribution is 5.69. The van der Waals surface area contributed by atoms with E-state index in [1.54, 1.807) is 0 Å². The fraction of sp³-hybridized carbons (Fsp3) is 0.250. The van der Waals surface area contributed by atoms with Crippen LogP contribution in [0.2, 0.25) is 0 Å². The first kappa shape index (κ1) is 10.5. The predicted molar refractivity (Wildman–Crippen MR) is 40.5 cm³/mol. The number of nitrogens with zero attached hydrogens (tertiary/aromatic N) is 1. The number of carbonyl (C=O) groups excluding carboxylic acids is 1. The fourth-order valence-corrected chi connectivity index (χ4v) is 0.850. The molecular weight excluding hydrogens is 199 g/mol. The van der Waals surface area contributed by atoms with Gasteiger partial charge in [-0.15, -0.1) is 0 Å². The van der Waals surface area contributed by atoms with E-state index in [9.17, 15) is 18.0 Å². The Morgan fingerprint density at radius 1 is 1.50 bits per heavy atom. The Labute approximate surface area is 77.5 Å². The molecule has 0 bridgehead atoms. The van der Waals surface area contributed by atoms with Crippen LogP contribution < -0.4 is 4.74 Å². The van der Waals surface area contributed by atoms with E-state index < -0.39 is 23.5 Å². The van der Waals surface area contributed by atoms with Crippen LogP contribution in [0.15, 0.2) is 18.5 Å². The Kier molecular flexibility index (Phi) is 2.73. The van der Waals surface area contributed by atoms with Crippen molar-refractivity contribution in [2.75, 3.05) is 0 Å². The lowest BCUT2D eigenvalue weighted by molar-refractivity contribution is -0.141. The maximum absolute atomic E-state index is 12.3. The lowest BCUT2D eigenvalue weighted by Crippen LogP contribution is -2.11. The summed E-state index contributed by atoms with van der Waals surface area (Å²) in [5.74, 6) is -1.39. The summed E-state index contributed by atoms with van der Waals surface area (Å²) < 4.78 is 41.2. The van der Waals surface area contributed by atoms with E-state index in [2.05, 4.69) is 9.72 Å². The van der Waals surface area contributed by atoms with Gasteiger partial charge in [0.1, 0.15) is 5.56 Å².